The van der Waals surface area contributed by atoms with E-state index in [4.69, 9.17) is 14.5 Å². The van der Waals surface area contributed by atoms with Crippen LogP contribution in [0.5, 0.6) is 0 Å². The molecule has 0 amide bonds. The van der Waals surface area contributed by atoms with Crippen LogP contribution in [0.4, 0.5) is 0 Å². The Labute approximate surface area is 146 Å². The molecule has 2 heterocycles. The Hall–Kier alpha value is -0.850. The van der Waals surface area contributed by atoms with Crippen LogP contribution < -0.4 is 10.6 Å². The minimum absolute atomic E-state index is 0.172. The molecule has 0 spiro atoms. The van der Waals surface area contributed by atoms with E-state index >= 15 is 0 Å². The molecule has 0 bridgehead atoms. The Morgan fingerprint density at radius 1 is 1.25 bits per heavy atom. The fourth-order valence-corrected chi connectivity index (χ4v) is 4.41. The van der Waals surface area contributed by atoms with E-state index in [0.717, 1.165) is 58.5 Å². The lowest BCUT2D eigenvalue weighted by molar-refractivity contribution is -0.188. The molecule has 138 valence electrons. The number of morpholine rings is 1. The molecule has 1 aliphatic carbocycles. The fraction of sp³-hybridized carbons (Fsp3) is 0.944. The van der Waals surface area contributed by atoms with Crippen LogP contribution in [0.15, 0.2) is 4.99 Å². The van der Waals surface area contributed by atoms with Gasteiger partial charge in [0.25, 0.3) is 0 Å². The van der Waals surface area contributed by atoms with E-state index in [0.29, 0.717) is 18.1 Å². The molecule has 1 saturated carbocycles. The highest BCUT2D eigenvalue weighted by Crippen LogP contribution is 2.51. The molecule has 2 aliphatic heterocycles. The number of nitrogens with zero attached hydrogens (tertiary/aromatic N) is 2. The Bertz CT molecular complexity index is 435. The number of nitrogens with one attached hydrogen (secondary N) is 2. The maximum Gasteiger partial charge on any atom is 0.191 e. The van der Waals surface area contributed by atoms with Crippen molar-refractivity contribution in [3.8, 4) is 0 Å². The predicted molar refractivity (Wildman–Crippen MR) is 96.4 cm³/mol. The van der Waals surface area contributed by atoms with Crippen LogP contribution in [0.25, 0.3) is 0 Å². The largest absolute Gasteiger partial charge is 0.379 e. The van der Waals surface area contributed by atoms with Crippen LogP contribution in [0, 0.1) is 11.3 Å². The van der Waals surface area contributed by atoms with Crippen molar-refractivity contribution < 1.29 is 9.47 Å². The van der Waals surface area contributed by atoms with Crippen molar-refractivity contribution in [2.45, 2.75) is 45.8 Å². The third-order valence-corrected chi connectivity index (χ3v) is 5.76. The van der Waals surface area contributed by atoms with Crippen LogP contribution in [0.2, 0.25) is 0 Å². The second kappa shape index (κ2) is 8.02. The maximum absolute atomic E-state index is 6.01. The average Bonchev–Trinajstić information content (AvgIpc) is 2.60. The van der Waals surface area contributed by atoms with E-state index in [2.05, 4.69) is 36.3 Å². The summed E-state index contributed by atoms with van der Waals surface area (Å²) in [6.07, 6.45) is 2.85. The summed E-state index contributed by atoms with van der Waals surface area (Å²) < 4.78 is 11.4. The van der Waals surface area contributed by atoms with Gasteiger partial charge >= 0.3 is 0 Å². The molecule has 0 aromatic carbocycles. The van der Waals surface area contributed by atoms with E-state index in [9.17, 15) is 0 Å². The predicted octanol–water partition coefficient (Wildman–Crippen LogP) is 1.08. The highest BCUT2D eigenvalue weighted by molar-refractivity contribution is 5.80. The Balaban J connectivity index is 1.53. The molecule has 2 saturated heterocycles. The summed E-state index contributed by atoms with van der Waals surface area (Å²) in [5.41, 5.74) is 0.172. The lowest BCUT2D eigenvalue weighted by Crippen LogP contribution is -2.71. The molecular formula is C18H34N4O2. The van der Waals surface area contributed by atoms with E-state index < -0.39 is 0 Å². The molecule has 3 aliphatic rings. The van der Waals surface area contributed by atoms with Gasteiger partial charge in [0.05, 0.1) is 25.9 Å². The zero-order valence-electron chi connectivity index (χ0n) is 15.5. The van der Waals surface area contributed by atoms with Crippen LogP contribution in [0.1, 0.15) is 33.6 Å². The number of ether oxygens (including phenoxy) is 2. The van der Waals surface area contributed by atoms with Crippen LogP contribution in [-0.2, 0) is 9.47 Å². The summed E-state index contributed by atoms with van der Waals surface area (Å²) in [4.78, 5) is 7.23. The molecule has 3 fully saturated rings. The van der Waals surface area contributed by atoms with Crippen molar-refractivity contribution >= 4 is 5.96 Å². The van der Waals surface area contributed by atoms with Gasteiger partial charge < -0.3 is 20.1 Å². The first kappa shape index (κ1) is 18.0. The van der Waals surface area contributed by atoms with Crippen LogP contribution in [0.3, 0.4) is 0 Å². The van der Waals surface area contributed by atoms with Crippen molar-refractivity contribution in [2.75, 3.05) is 52.5 Å². The van der Waals surface area contributed by atoms with Gasteiger partial charge in [0.1, 0.15) is 0 Å². The molecule has 0 aromatic rings. The highest BCUT2D eigenvalue weighted by Gasteiger charge is 2.58. The van der Waals surface area contributed by atoms with Gasteiger partial charge in [0.15, 0.2) is 5.96 Å². The van der Waals surface area contributed by atoms with Gasteiger partial charge in [-0.15, -0.1) is 0 Å². The smallest absolute Gasteiger partial charge is 0.191 e. The first-order chi connectivity index (χ1) is 11.6. The zero-order chi connectivity index (χ0) is 17.0. The zero-order valence-corrected chi connectivity index (χ0v) is 15.5. The molecule has 6 nitrogen and oxygen atoms in total. The number of fused-ring (bicyclic) bond motifs is 1. The number of rotatable bonds is 5. The van der Waals surface area contributed by atoms with Gasteiger partial charge in [-0.3, -0.25) is 9.89 Å². The standard InChI is InChI=1S/C18H34N4O2/c1-4-19-17(20-7-8-22-9-12-23-13-10-22)21-15-14-6-5-11-24-16(14)18(15,2)3/h14-16H,4-13H2,1-3H3,(H2,19,20,21). The SMILES string of the molecule is CCNC(=NCCN1CCOCC1)NC1C2CCCOC2C1(C)C. The third-order valence-electron chi connectivity index (χ3n) is 5.76. The van der Waals surface area contributed by atoms with Crippen molar-refractivity contribution in [3.63, 3.8) is 0 Å². The number of hydrogen-bond donors (Lipinski definition) is 2. The second-order valence-corrected chi connectivity index (χ2v) is 7.76. The summed E-state index contributed by atoms with van der Waals surface area (Å²) in [6.45, 7) is 14.1. The second-order valence-electron chi connectivity index (χ2n) is 7.76. The minimum atomic E-state index is 0.172. The van der Waals surface area contributed by atoms with Crippen LogP contribution >= 0.6 is 0 Å². The van der Waals surface area contributed by atoms with E-state index in [1.807, 2.05) is 0 Å². The van der Waals surface area contributed by atoms with Gasteiger partial charge in [0, 0.05) is 50.2 Å². The van der Waals surface area contributed by atoms with Crippen LogP contribution in [-0.4, -0.2) is 75.5 Å². The molecule has 3 rings (SSSR count). The summed E-state index contributed by atoms with van der Waals surface area (Å²) in [7, 11) is 0. The molecular weight excluding hydrogens is 304 g/mol. The van der Waals surface area contributed by atoms with E-state index in [-0.39, 0.29) is 5.41 Å². The first-order valence-electron chi connectivity index (χ1n) is 9.59. The lowest BCUT2D eigenvalue weighted by Gasteiger charge is -2.60. The van der Waals surface area contributed by atoms with Gasteiger partial charge in [-0.2, -0.15) is 0 Å². The van der Waals surface area contributed by atoms with E-state index in [1.165, 1.54) is 12.8 Å². The number of hydrogen-bond acceptors (Lipinski definition) is 4. The maximum atomic E-state index is 6.01. The molecule has 6 heteroatoms. The minimum Gasteiger partial charge on any atom is -0.379 e. The normalized spacial score (nSPS) is 33.5. The molecule has 2 N–H and O–H groups in total. The third kappa shape index (κ3) is 3.86. The quantitative estimate of drug-likeness (QED) is 0.580. The lowest BCUT2D eigenvalue weighted by atomic mass is 9.55. The summed E-state index contributed by atoms with van der Waals surface area (Å²) in [5.74, 6) is 1.57. The molecule has 3 unspecified atom stereocenters. The molecule has 24 heavy (non-hydrogen) atoms. The fourth-order valence-electron chi connectivity index (χ4n) is 4.41. The highest BCUT2D eigenvalue weighted by atomic mass is 16.5. The number of guanidine groups is 1. The van der Waals surface area contributed by atoms with E-state index in [1.54, 1.807) is 0 Å². The van der Waals surface area contributed by atoms with Gasteiger partial charge in [-0.05, 0) is 19.8 Å². The Morgan fingerprint density at radius 3 is 2.79 bits per heavy atom. The topological polar surface area (TPSA) is 58.1 Å². The van der Waals surface area contributed by atoms with Crippen molar-refractivity contribution in [2.24, 2.45) is 16.3 Å². The first-order valence-corrected chi connectivity index (χ1v) is 9.59. The van der Waals surface area contributed by atoms with Crippen molar-refractivity contribution in [1.29, 1.82) is 0 Å². The van der Waals surface area contributed by atoms with Gasteiger partial charge in [0.2, 0.25) is 0 Å². The number of aliphatic imine (C=N–C) groups is 1. The summed E-state index contributed by atoms with van der Waals surface area (Å²) in [6, 6.07) is 0.448. The molecule has 3 atom stereocenters. The summed E-state index contributed by atoms with van der Waals surface area (Å²) >= 11 is 0. The van der Waals surface area contributed by atoms with Crippen molar-refractivity contribution in [1.82, 2.24) is 15.5 Å². The molecule has 0 radical (unpaired) electrons. The van der Waals surface area contributed by atoms with Gasteiger partial charge in [-0.1, -0.05) is 13.8 Å². The van der Waals surface area contributed by atoms with Gasteiger partial charge in [-0.25, -0.2) is 0 Å². The molecule has 0 aromatic heterocycles. The average molecular weight is 338 g/mol. The Morgan fingerprint density at radius 2 is 2.04 bits per heavy atom. The van der Waals surface area contributed by atoms with Crippen molar-refractivity contribution in [3.05, 3.63) is 0 Å². The monoisotopic (exact) mass is 338 g/mol. The summed E-state index contributed by atoms with van der Waals surface area (Å²) in [5, 5.41) is 7.10. The Kier molecular flexibility index (Phi) is 6.00.